The Morgan fingerprint density at radius 3 is 2.60 bits per heavy atom. The van der Waals surface area contributed by atoms with E-state index in [2.05, 4.69) is 10.1 Å². The van der Waals surface area contributed by atoms with E-state index in [0.717, 1.165) is 19.3 Å². The van der Waals surface area contributed by atoms with Gasteiger partial charge in [-0.05, 0) is 38.0 Å². The number of nitrogens with one attached hydrogen (secondary N) is 1. The van der Waals surface area contributed by atoms with Crippen molar-refractivity contribution >= 4 is 17.4 Å². The molecule has 1 aromatic carbocycles. The number of carbonyl (C=O) groups is 2. The summed E-state index contributed by atoms with van der Waals surface area (Å²) in [5.74, 6) is -0.783. The van der Waals surface area contributed by atoms with Crippen LogP contribution in [0.2, 0.25) is 0 Å². The first-order chi connectivity index (χ1) is 9.54. The van der Waals surface area contributed by atoms with Crippen LogP contribution in [0.1, 0.15) is 43.0 Å². The van der Waals surface area contributed by atoms with Crippen molar-refractivity contribution in [2.75, 3.05) is 19.0 Å². The predicted octanol–water partition coefficient (Wildman–Crippen LogP) is 3.17. The molecule has 0 amide bonds. The molecule has 1 rings (SSSR count). The number of carbonyl (C=O) groups excluding carboxylic acids is 2. The third-order valence-electron chi connectivity index (χ3n) is 2.98. The number of Topliss-reactive ketones (excluding diaryl/α,β-unsaturated/α-hetero) is 1. The molecule has 0 atom stereocenters. The van der Waals surface area contributed by atoms with Gasteiger partial charge in [0.2, 0.25) is 0 Å². The van der Waals surface area contributed by atoms with E-state index in [1.165, 1.54) is 20.1 Å². The number of ketones is 1. The molecule has 0 aliphatic carbocycles. The zero-order chi connectivity index (χ0) is 15.0. The Labute approximate surface area is 118 Å². The van der Waals surface area contributed by atoms with Gasteiger partial charge < -0.3 is 10.1 Å². The summed E-state index contributed by atoms with van der Waals surface area (Å²) >= 11 is 0. The molecule has 1 aromatic rings. The average Bonchev–Trinajstić information content (AvgIpc) is 2.43. The number of rotatable bonds is 8. The number of halogens is 1. The topological polar surface area (TPSA) is 55.4 Å². The quantitative estimate of drug-likeness (QED) is 0.452. The molecule has 0 bridgehead atoms. The largest absolute Gasteiger partial charge is 0.469 e. The van der Waals surface area contributed by atoms with Crippen LogP contribution in [-0.4, -0.2) is 25.4 Å². The predicted molar refractivity (Wildman–Crippen MR) is 75.4 cm³/mol. The van der Waals surface area contributed by atoms with Crippen molar-refractivity contribution in [2.45, 2.75) is 32.6 Å². The highest BCUT2D eigenvalue weighted by Gasteiger charge is 2.06. The minimum absolute atomic E-state index is 0.154. The second kappa shape index (κ2) is 8.30. The van der Waals surface area contributed by atoms with Gasteiger partial charge in [0, 0.05) is 18.5 Å². The standard InChI is InChI=1S/C15H20FNO3/c1-11(18)12-7-8-14(13(16)10-12)17-9-5-3-4-6-15(19)20-2/h7-8,10,17H,3-6,9H2,1-2H3. The van der Waals surface area contributed by atoms with Gasteiger partial charge in [-0.3, -0.25) is 9.59 Å². The number of hydrogen-bond donors (Lipinski definition) is 1. The molecule has 5 heteroatoms. The summed E-state index contributed by atoms with van der Waals surface area (Å²) < 4.78 is 18.2. The molecule has 20 heavy (non-hydrogen) atoms. The average molecular weight is 281 g/mol. The molecule has 110 valence electrons. The molecule has 0 aliphatic heterocycles. The van der Waals surface area contributed by atoms with E-state index in [1.54, 1.807) is 12.1 Å². The molecule has 0 unspecified atom stereocenters. The highest BCUT2D eigenvalue weighted by molar-refractivity contribution is 5.94. The van der Waals surface area contributed by atoms with Crippen molar-refractivity contribution in [3.05, 3.63) is 29.6 Å². The van der Waals surface area contributed by atoms with E-state index in [-0.39, 0.29) is 11.8 Å². The van der Waals surface area contributed by atoms with Gasteiger partial charge in [-0.2, -0.15) is 0 Å². The Bertz CT molecular complexity index is 474. The lowest BCUT2D eigenvalue weighted by Gasteiger charge is -2.08. The van der Waals surface area contributed by atoms with Gasteiger partial charge in [-0.1, -0.05) is 6.42 Å². The molecule has 0 spiro atoms. The molecular formula is C15H20FNO3. The smallest absolute Gasteiger partial charge is 0.305 e. The third-order valence-corrected chi connectivity index (χ3v) is 2.98. The number of anilines is 1. The van der Waals surface area contributed by atoms with Gasteiger partial charge >= 0.3 is 5.97 Å². The lowest BCUT2D eigenvalue weighted by atomic mass is 10.1. The summed E-state index contributed by atoms with van der Waals surface area (Å²) in [6, 6.07) is 4.41. The minimum atomic E-state index is -0.424. The summed E-state index contributed by atoms with van der Waals surface area (Å²) in [6.07, 6.45) is 2.89. The van der Waals surface area contributed by atoms with Gasteiger partial charge in [0.25, 0.3) is 0 Å². The maximum absolute atomic E-state index is 13.7. The van der Waals surface area contributed by atoms with E-state index in [9.17, 15) is 14.0 Å². The minimum Gasteiger partial charge on any atom is -0.469 e. The van der Waals surface area contributed by atoms with E-state index in [4.69, 9.17) is 0 Å². The first-order valence-electron chi connectivity index (χ1n) is 6.65. The normalized spacial score (nSPS) is 10.2. The molecule has 0 saturated heterocycles. The van der Waals surface area contributed by atoms with Gasteiger partial charge in [0.15, 0.2) is 5.78 Å². The molecule has 0 saturated carbocycles. The van der Waals surface area contributed by atoms with Crippen LogP contribution in [-0.2, 0) is 9.53 Å². The Morgan fingerprint density at radius 2 is 2.00 bits per heavy atom. The first kappa shape index (κ1) is 16.1. The van der Waals surface area contributed by atoms with Crippen LogP contribution in [0.25, 0.3) is 0 Å². The highest BCUT2D eigenvalue weighted by Crippen LogP contribution is 2.16. The van der Waals surface area contributed by atoms with Crippen molar-refractivity contribution in [3.63, 3.8) is 0 Å². The van der Waals surface area contributed by atoms with Crippen LogP contribution >= 0.6 is 0 Å². The fourth-order valence-corrected chi connectivity index (χ4v) is 1.77. The summed E-state index contributed by atoms with van der Waals surface area (Å²) in [5, 5.41) is 2.98. The van der Waals surface area contributed by atoms with Gasteiger partial charge in [-0.25, -0.2) is 4.39 Å². The number of methoxy groups -OCH3 is 1. The van der Waals surface area contributed by atoms with E-state index in [0.29, 0.717) is 24.2 Å². The van der Waals surface area contributed by atoms with E-state index >= 15 is 0 Å². The molecule has 0 aromatic heterocycles. The Balaban J connectivity index is 2.29. The van der Waals surface area contributed by atoms with Crippen molar-refractivity contribution in [1.29, 1.82) is 0 Å². The lowest BCUT2D eigenvalue weighted by molar-refractivity contribution is -0.140. The molecule has 0 aliphatic rings. The van der Waals surface area contributed by atoms with Crippen molar-refractivity contribution in [2.24, 2.45) is 0 Å². The number of esters is 1. The fourth-order valence-electron chi connectivity index (χ4n) is 1.77. The number of benzene rings is 1. The Hall–Kier alpha value is -1.91. The second-order valence-corrected chi connectivity index (χ2v) is 4.56. The Morgan fingerprint density at radius 1 is 1.25 bits per heavy atom. The lowest BCUT2D eigenvalue weighted by Crippen LogP contribution is -2.05. The van der Waals surface area contributed by atoms with Crippen LogP contribution in [0.5, 0.6) is 0 Å². The fraction of sp³-hybridized carbons (Fsp3) is 0.467. The van der Waals surface area contributed by atoms with Crippen LogP contribution in [0.4, 0.5) is 10.1 Å². The first-order valence-corrected chi connectivity index (χ1v) is 6.65. The second-order valence-electron chi connectivity index (χ2n) is 4.56. The zero-order valence-electron chi connectivity index (χ0n) is 11.9. The molecule has 0 fully saturated rings. The number of unbranched alkanes of at least 4 members (excludes halogenated alkanes) is 2. The van der Waals surface area contributed by atoms with Crippen molar-refractivity contribution in [3.8, 4) is 0 Å². The molecule has 0 heterocycles. The van der Waals surface area contributed by atoms with E-state index in [1.807, 2.05) is 0 Å². The van der Waals surface area contributed by atoms with Gasteiger partial charge in [-0.15, -0.1) is 0 Å². The monoisotopic (exact) mass is 281 g/mol. The summed E-state index contributed by atoms with van der Waals surface area (Å²) in [4.78, 5) is 22.0. The third kappa shape index (κ3) is 5.38. The van der Waals surface area contributed by atoms with Crippen LogP contribution in [0.15, 0.2) is 18.2 Å². The summed E-state index contributed by atoms with van der Waals surface area (Å²) in [6.45, 7) is 2.03. The number of ether oxygens (including phenoxy) is 1. The maximum Gasteiger partial charge on any atom is 0.305 e. The van der Waals surface area contributed by atoms with E-state index < -0.39 is 5.82 Å². The molecule has 0 radical (unpaired) electrons. The molecule has 1 N–H and O–H groups in total. The molecular weight excluding hydrogens is 261 g/mol. The van der Waals surface area contributed by atoms with Crippen LogP contribution in [0.3, 0.4) is 0 Å². The summed E-state index contributed by atoms with van der Waals surface area (Å²) in [7, 11) is 1.37. The zero-order valence-corrected chi connectivity index (χ0v) is 11.9. The van der Waals surface area contributed by atoms with Crippen molar-refractivity contribution < 1.29 is 18.7 Å². The van der Waals surface area contributed by atoms with Crippen molar-refractivity contribution in [1.82, 2.24) is 0 Å². The summed E-state index contributed by atoms with van der Waals surface area (Å²) in [5.41, 5.74) is 0.758. The van der Waals surface area contributed by atoms with Crippen LogP contribution < -0.4 is 5.32 Å². The van der Waals surface area contributed by atoms with Gasteiger partial charge in [0.05, 0.1) is 12.8 Å². The Kier molecular flexibility index (Phi) is 6.70. The maximum atomic E-state index is 13.7. The SMILES string of the molecule is COC(=O)CCCCCNc1ccc(C(C)=O)cc1F. The van der Waals surface area contributed by atoms with Crippen LogP contribution in [0, 0.1) is 5.82 Å². The number of hydrogen-bond acceptors (Lipinski definition) is 4. The van der Waals surface area contributed by atoms with Gasteiger partial charge in [0.1, 0.15) is 5.82 Å². The molecule has 4 nitrogen and oxygen atoms in total. The highest BCUT2D eigenvalue weighted by atomic mass is 19.1.